The van der Waals surface area contributed by atoms with Gasteiger partial charge in [-0.25, -0.2) is 8.42 Å². The quantitative estimate of drug-likeness (QED) is 0.439. The first-order valence-corrected chi connectivity index (χ1v) is 5.13. The summed E-state index contributed by atoms with van der Waals surface area (Å²) in [6.07, 6.45) is 0. The zero-order valence-corrected chi connectivity index (χ0v) is 10.9. The molecule has 0 N–H and O–H groups in total. The van der Waals surface area contributed by atoms with Crippen LogP contribution in [0.4, 0.5) is 0 Å². The molecule has 1 aromatic rings. The van der Waals surface area contributed by atoms with Gasteiger partial charge in [0.05, 0.1) is 11.5 Å². The van der Waals surface area contributed by atoms with Crippen LogP contribution in [0.15, 0.2) is 29.2 Å². The Kier molecular flexibility index (Phi) is 5.70. The van der Waals surface area contributed by atoms with Crippen LogP contribution in [-0.4, -0.2) is 19.6 Å². The van der Waals surface area contributed by atoms with Crippen molar-refractivity contribution in [2.24, 2.45) is 0 Å². The summed E-state index contributed by atoms with van der Waals surface area (Å²) in [6, 6.07) is 5.52. The van der Waals surface area contributed by atoms with Gasteiger partial charge in [-0.05, 0) is 25.1 Å². The first kappa shape index (κ1) is 13.9. The molecule has 1 rings (SSSR count). The molecule has 1 aromatic carbocycles. The third-order valence-corrected chi connectivity index (χ3v) is 2.24. The van der Waals surface area contributed by atoms with Crippen LogP contribution < -0.4 is 34.3 Å². The van der Waals surface area contributed by atoms with Crippen molar-refractivity contribution < 1.29 is 47.3 Å². The first-order chi connectivity index (χ1) is 6.04. The molecule has 0 fully saturated rings. The number of rotatable bonds is 3. The molecule has 0 aromatic heterocycles. The van der Waals surface area contributed by atoms with E-state index in [9.17, 15) is 13.0 Å². The maximum absolute atomic E-state index is 10.6. The molecular weight excluding hydrogens is 215 g/mol. The van der Waals surface area contributed by atoms with Crippen LogP contribution in [0.3, 0.4) is 0 Å². The van der Waals surface area contributed by atoms with Gasteiger partial charge in [-0.2, -0.15) is 0 Å². The molecule has 0 heterocycles. The van der Waals surface area contributed by atoms with Crippen molar-refractivity contribution in [3.8, 4) is 5.75 Å². The Labute approximate surface area is 105 Å². The van der Waals surface area contributed by atoms with Crippen molar-refractivity contribution >= 4 is 10.1 Å². The molecule has 0 aliphatic heterocycles. The maximum atomic E-state index is 10.6. The molecule has 0 spiro atoms. The van der Waals surface area contributed by atoms with Crippen molar-refractivity contribution in [2.75, 3.05) is 6.61 Å². The monoisotopic (exact) mass is 224 g/mol. The fourth-order valence-electron chi connectivity index (χ4n) is 0.886. The van der Waals surface area contributed by atoms with Crippen LogP contribution in [-0.2, 0) is 10.1 Å². The summed E-state index contributed by atoms with van der Waals surface area (Å²) in [6.45, 7) is 2.21. The van der Waals surface area contributed by atoms with Gasteiger partial charge < -0.3 is 9.29 Å². The Morgan fingerprint density at radius 1 is 1.43 bits per heavy atom. The van der Waals surface area contributed by atoms with E-state index in [1.807, 2.05) is 0 Å². The minimum atomic E-state index is -4.37. The topological polar surface area (TPSA) is 66.4 Å². The molecule has 6 heteroatoms. The number of hydrogen-bond donors (Lipinski definition) is 0. The summed E-state index contributed by atoms with van der Waals surface area (Å²) in [5.74, 6) is 0.388. The van der Waals surface area contributed by atoms with Crippen LogP contribution in [0.5, 0.6) is 5.75 Å². The Morgan fingerprint density at radius 2 is 2.07 bits per heavy atom. The summed E-state index contributed by atoms with van der Waals surface area (Å²) in [5, 5.41) is 0. The standard InChI is InChI=1S/C8H10O4S.Na/c1-2-12-7-4-3-5-8(6-7)13(9,10)11;/h3-6H,2H2,1H3,(H,9,10,11);/q;+1/p-1. The largest absolute Gasteiger partial charge is 1.00 e. The Balaban J connectivity index is 0.00000169. The fraction of sp³-hybridized carbons (Fsp3) is 0.250. The molecule has 0 aliphatic carbocycles. The summed E-state index contributed by atoms with van der Waals surface area (Å²) >= 11 is 0. The van der Waals surface area contributed by atoms with Gasteiger partial charge in [-0.1, -0.05) is 6.07 Å². The number of benzene rings is 1. The van der Waals surface area contributed by atoms with E-state index in [1.54, 1.807) is 13.0 Å². The molecule has 72 valence electrons. The van der Waals surface area contributed by atoms with E-state index in [1.165, 1.54) is 18.2 Å². The molecule has 0 saturated carbocycles. The van der Waals surface area contributed by atoms with Crippen LogP contribution in [0.2, 0.25) is 0 Å². The van der Waals surface area contributed by atoms with Gasteiger partial charge in [0, 0.05) is 0 Å². The molecule has 0 radical (unpaired) electrons. The van der Waals surface area contributed by atoms with Gasteiger partial charge in [-0.15, -0.1) is 0 Å². The second-order valence-electron chi connectivity index (χ2n) is 2.36. The molecule has 0 bridgehead atoms. The van der Waals surface area contributed by atoms with E-state index >= 15 is 0 Å². The minimum Gasteiger partial charge on any atom is -0.744 e. The van der Waals surface area contributed by atoms with Gasteiger partial charge in [0.1, 0.15) is 15.9 Å². The molecule has 0 amide bonds. The average molecular weight is 224 g/mol. The molecular formula is C8H9NaO4S. The zero-order valence-electron chi connectivity index (χ0n) is 8.06. The van der Waals surface area contributed by atoms with Crippen molar-refractivity contribution in [1.29, 1.82) is 0 Å². The van der Waals surface area contributed by atoms with E-state index in [0.717, 1.165) is 0 Å². The molecule has 0 saturated heterocycles. The van der Waals surface area contributed by atoms with Crippen molar-refractivity contribution in [1.82, 2.24) is 0 Å². The van der Waals surface area contributed by atoms with Crippen LogP contribution in [0.1, 0.15) is 6.92 Å². The summed E-state index contributed by atoms with van der Waals surface area (Å²) in [7, 11) is -4.37. The van der Waals surface area contributed by atoms with E-state index in [4.69, 9.17) is 4.74 Å². The summed E-state index contributed by atoms with van der Waals surface area (Å²) < 4.78 is 36.8. The van der Waals surface area contributed by atoms with Crippen molar-refractivity contribution in [2.45, 2.75) is 11.8 Å². The van der Waals surface area contributed by atoms with Crippen LogP contribution in [0, 0.1) is 0 Å². The summed E-state index contributed by atoms with van der Waals surface area (Å²) in [4.78, 5) is -0.265. The van der Waals surface area contributed by atoms with Gasteiger partial charge in [-0.3, -0.25) is 0 Å². The van der Waals surface area contributed by atoms with Gasteiger partial charge in [0.25, 0.3) is 0 Å². The Morgan fingerprint density at radius 3 is 2.57 bits per heavy atom. The van der Waals surface area contributed by atoms with E-state index < -0.39 is 10.1 Å². The molecule has 14 heavy (non-hydrogen) atoms. The van der Waals surface area contributed by atoms with Crippen LogP contribution in [0.25, 0.3) is 0 Å². The molecule has 0 atom stereocenters. The zero-order chi connectivity index (χ0) is 9.90. The normalized spacial score (nSPS) is 10.4. The molecule has 0 aliphatic rings. The number of hydrogen-bond acceptors (Lipinski definition) is 4. The predicted octanol–water partition coefficient (Wildman–Crippen LogP) is -2.01. The third-order valence-electron chi connectivity index (χ3n) is 1.41. The van der Waals surface area contributed by atoms with Gasteiger partial charge in [0.15, 0.2) is 0 Å². The SMILES string of the molecule is CCOc1cccc(S(=O)(=O)[O-])c1.[Na+]. The maximum Gasteiger partial charge on any atom is 1.00 e. The Bertz CT molecular complexity index is 388. The van der Waals surface area contributed by atoms with Crippen molar-refractivity contribution in [3.63, 3.8) is 0 Å². The minimum absolute atomic E-state index is 0. The van der Waals surface area contributed by atoms with Crippen molar-refractivity contribution in [3.05, 3.63) is 24.3 Å². The van der Waals surface area contributed by atoms with Crippen LogP contribution >= 0.6 is 0 Å². The second-order valence-corrected chi connectivity index (χ2v) is 3.74. The van der Waals surface area contributed by atoms with E-state index in [-0.39, 0.29) is 34.5 Å². The second kappa shape index (κ2) is 5.72. The van der Waals surface area contributed by atoms with Gasteiger partial charge in [0.2, 0.25) is 0 Å². The Hall–Kier alpha value is -0.0700. The molecule has 0 unspecified atom stereocenters. The predicted molar refractivity (Wildman–Crippen MR) is 45.6 cm³/mol. The van der Waals surface area contributed by atoms with Gasteiger partial charge >= 0.3 is 29.6 Å². The average Bonchev–Trinajstić information content (AvgIpc) is 2.04. The summed E-state index contributed by atoms with van der Waals surface area (Å²) in [5.41, 5.74) is 0. The third kappa shape index (κ3) is 3.98. The van der Waals surface area contributed by atoms with E-state index in [2.05, 4.69) is 0 Å². The van der Waals surface area contributed by atoms with E-state index in [0.29, 0.717) is 12.4 Å². The first-order valence-electron chi connectivity index (χ1n) is 3.73. The number of ether oxygens (including phenoxy) is 1. The smallest absolute Gasteiger partial charge is 0.744 e. The fourth-order valence-corrected chi connectivity index (χ4v) is 1.39. The molecule has 4 nitrogen and oxygen atoms in total.